The van der Waals surface area contributed by atoms with Crippen molar-refractivity contribution < 1.29 is 14.3 Å². The third-order valence-electron chi connectivity index (χ3n) is 3.06. The van der Waals surface area contributed by atoms with Gasteiger partial charge in [-0.2, -0.15) is 0 Å². The van der Waals surface area contributed by atoms with Crippen LogP contribution in [0.3, 0.4) is 0 Å². The summed E-state index contributed by atoms with van der Waals surface area (Å²) in [6, 6.07) is 0. The number of hydrogen-bond donors (Lipinski definition) is 0. The summed E-state index contributed by atoms with van der Waals surface area (Å²) in [4.78, 5) is 22.5. The van der Waals surface area contributed by atoms with Crippen molar-refractivity contribution in [3.63, 3.8) is 0 Å². The topological polar surface area (TPSA) is 43.4 Å². The number of ketones is 1. The van der Waals surface area contributed by atoms with Crippen LogP contribution >= 0.6 is 0 Å². The number of rotatable bonds is 5. The summed E-state index contributed by atoms with van der Waals surface area (Å²) in [5, 5.41) is 0. The lowest BCUT2D eigenvalue weighted by molar-refractivity contribution is -0.134. The number of esters is 1. The highest BCUT2D eigenvalue weighted by atomic mass is 16.5. The van der Waals surface area contributed by atoms with Gasteiger partial charge in [0.1, 0.15) is 5.78 Å². The van der Waals surface area contributed by atoms with Crippen molar-refractivity contribution in [2.24, 2.45) is 5.92 Å². The van der Waals surface area contributed by atoms with Crippen LogP contribution in [0.5, 0.6) is 0 Å². The number of hydrogen-bond acceptors (Lipinski definition) is 3. The van der Waals surface area contributed by atoms with E-state index in [0.717, 1.165) is 12.8 Å². The average Bonchev–Trinajstić information content (AvgIpc) is 2.38. The first-order valence-corrected chi connectivity index (χ1v) is 6.18. The van der Waals surface area contributed by atoms with E-state index < -0.39 is 0 Å². The number of carbonyl (C=O) groups excluding carboxylic acids is 2. The maximum atomic E-state index is 11.8. The molecule has 0 unspecified atom stereocenters. The van der Waals surface area contributed by atoms with Gasteiger partial charge in [0.25, 0.3) is 0 Å². The Morgan fingerprint density at radius 2 is 1.88 bits per heavy atom. The van der Waals surface area contributed by atoms with E-state index in [-0.39, 0.29) is 11.9 Å². The maximum Gasteiger partial charge on any atom is 0.330 e. The van der Waals surface area contributed by atoms with Crippen molar-refractivity contribution in [3.8, 4) is 0 Å². The molecule has 0 aromatic rings. The lowest BCUT2D eigenvalue weighted by Crippen LogP contribution is -2.16. The number of methoxy groups -OCH3 is 1. The van der Waals surface area contributed by atoms with E-state index in [1.54, 1.807) is 18.2 Å². The second-order valence-corrected chi connectivity index (χ2v) is 4.32. The molecule has 0 bridgehead atoms. The third kappa shape index (κ3) is 5.48. The molecule has 1 aliphatic carbocycles. The quantitative estimate of drug-likeness (QED) is 0.419. The first-order chi connectivity index (χ1) is 8.24. The summed E-state index contributed by atoms with van der Waals surface area (Å²) >= 11 is 0. The Balaban J connectivity index is 2.25. The highest BCUT2D eigenvalue weighted by molar-refractivity contribution is 5.83. The molecule has 94 valence electrons. The molecular formula is C14H20O3. The predicted octanol–water partition coefficient (Wildman–Crippen LogP) is 2.81. The Hall–Kier alpha value is -1.38. The third-order valence-corrected chi connectivity index (χ3v) is 3.06. The van der Waals surface area contributed by atoms with Crippen molar-refractivity contribution in [3.05, 3.63) is 24.3 Å². The predicted molar refractivity (Wildman–Crippen MR) is 66.5 cm³/mol. The first-order valence-electron chi connectivity index (χ1n) is 6.18. The van der Waals surface area contributed by atoms with Crippen molar-refractivity contribution in [1.29, 1.82) is 0 Å². The van der Waals surface area contributed by atoms with Gasteiger partial charge >= 0.3 is 5.97 Å². The fourth-order valence-corrected chi connectivity index (χ4v) is 2.06. The van der Waals surface area contributed by atoms with Crippen molar-refractivity contribution >= 4 is 11.8 Å². The van der Waals surface area contributed by atoms with Crippen LogP contribution < -0.4 is 0 Å². The molecule has 0 atom stereocenters. The van der Waals surface area contributed by atoms with Crippen molar-refractivity contribution in [2.45, 2.75) is 38.5 Å². The van der Waals surface area contributed by atoms with Crippen LogP contribution in [0.25, 0.3) is 0 Å². The zero-order chi connectivity index (χ0) is 12.5. The summed E-state index contributed by atoms with van der Waals surface area (Å²) in [6.07, 6.45) is 12.6. The lowest BCUT2D eigenvalue weighted by atomic mass is 9.85. The molecule has 0 amide bonds. The molecule has 0 spiro atoms. The van der Waals surface area contributed by atoms with Gasteiger partial charge in [-0.25, -0.2) is 4.79 Å². The average molecular weight is 236 g/mol. The van der Waals surface area contributed by atoms with Crippen LogP contribution in [0, 0.1) is 5.92 Å². The smallest absolute Gasteiger partial charge is 0.330 e. The Kier molecular flexibility index (Phi) is 6.30. The number of allylic oxidation sites excluding steroid dienone is 3. The Bertz CT molecular complexity index is 309. The van der Waals surface area contributed by atoms with E-state index in [4.69, 9.17) is 0 Å². The molecule has 0 radical (unpaired) electrons. The minimum absolute atomic E-state index is 0.262. The van der Waals surface area contributed by atoms with Gasteiger partial charge in [-0.15, -0.1) is 0 Å². The standard InChI is InChI=1S/C14H20O3/c1-17-14(16)11-7-3-6-10-13(15)12-8-4-2-5-9-12/h3,6-7,11-12H,2,4-5,8-10H2,1H3/b6-3+,11-7+. The minimum atomic E-state index is -0.381. The van der Waals surface area contributed by atoms with Gasteiger partial charge in [0.15, 0.2) is 0 Å². The molecule has 3 heteroatoms. The van der Waals surface area contributed by atoms with Crippen LogP contribution in [0.4, 0.5) is 0 Å². The normalized spacial score (nSPS) is 17.7. The molecule has 1 aliphatic rings. The monoisotopic (exact) mass is 236 g/mol. The lowest BCUT2D eigenvalue weighted by Gasteiger charge is -2.19. The van der Waals surface area contributed by atoms with Gasteiger partial charge in [0, 0.05) is 18.4 Å². The van der Waals surface area contributed by atoms with E-state index in [9.17, 15) is 9.59 Å². The Morgan fingerprint density at radius 1 is 1.18 bits per heavy atom. The van der Waals surface area contributed by atoms with Crippen LogP contribution in [-0.2, 0) is 14.3 Å². The van der Waals surface area contributed by atoms with E-state index in [1.165, 1.54) is 32.4 Å². The van der Waals surface area contributed by atoms with Crippen LogP contribution in [0.15, 0.2) is 24.3 Å². The fourth-order valence-electron chi connectivity index (χ4n) is 2.06. The number of ether oxygens (including phenoxy) is 1. The molecule has 0 aromatic heterocycles. The molecule has 0 heterocycles. The molecular weight excluding hydrogens is 216 g/mol. The summed E-state index contributed by atoms with van der Waals surface area (Å²) < 4.78 is 4.45. The number of Topliss-reactive ketones (excluding diaryl/α,β-unsaturated/α-hetero) is 1. The summed E-state index contributed by atoms with van der Waals surface area (Å²) in [5.41, 5.74) is 0. The zero-order valence-corrected chi connectivity index (χ0v) is 10.4. The Morgan fingerprint density at radius 3 is 2.53 bits per heavy atom. The molecule has 1 fully saturated rings. The molecule has 0 aromatic carbocycles. The van der Waals surface area contributed by atoms with Crippen LogP contribution in [-0.4, -0.2) is 18.9 Å². The van der Waals surface area contributed by atoms with Gasteiger partial charge in [-0.1, -0.05) is 37.5 Å². The summed E-state index contributed by atoms with van der Waals surface area (Å²) in [7, 11) is 1.34. The molecule has 0 saturated heterocycles. The molecule has 1 rings (SSSR count). The van der Waals surface area contributed by atoms with Crippen molar-refractivity contribution in [2.75, 3.05) is 7.11 Å². The highest BCUT2D eigenvalue weighted by Crippen LogP contribution is 2.25. The second-order valence-electron chi connectivity index (χ2n) is 4.32. The van der Waals surface area contributed by atoms with Crippen LogP contribution in [0.2, 0.25) is 0 Å². The molecule has 0 N–H and O–H groups in total. The van der Waals surface area contributed by atoms with Crippen molar-refractivity contribution in [1.82, 2.24) is 0 Å². The summed E-state index contributed by atoms with van der Waals surface area (Å²) in [5.74, 6) is 0.207. The van der Waals surface area contributed by atoms with E-state index >= 15 is 0 Å². The van der Waals surface area contributed by atoms with E-state index in [1.807, 2.05) is 0 Å². The second kappa shape index (κ2) is 7.82. The van der Waals surface area contributed by atoms with Gasteiger partial charge in [0.05, 0.1) is 7.11 Å². The van der Waals surface area contributed by atoms with Gasteiger partial charge in [0.2, 0.25) is 0 Å². The fraction of sp³-hybridized carbons (Fsp3) is 0.571. The van der Waals surface area contributed by atoms with Gasteiger partial charge in [-0.05, 0) is 12.8 Å². The molecule has 1 saturated carbocycles. The SMILES string of the molecule is COC(=O)/C=C/C=C/CC(=O)C1CCCCC1. The zero-order valence-electron chi connectivity index (χ0n) is 10.4. The first kappa shape index (κ1) is 13.7. The number of carbonyl (C=O) groups is 2. The minimum Gasteiger partial charge on any atom is -0.466 e. The van der Waals surface area contributed by atoms with Gasteiger partial charge < -0.3 is 4.74 Å². The molecule has 0 aliphatic heterocycles. The van der Waals surface area contributed by atoms with E-state index in [0.29, 0.717) is 12.2 Å². The Labute approximate surface area is 103 Å². The van der Waals surface area contributed by atoms with Crippen LogP contribution in [0.1, 0.15) is 38.5 Å². The van der Waals surface area contributed by atoms with Gasteiger partial charge in [-0.3, -0.25) is 4.79 Å². The largest absolute Gasteiger partial charge is 0.466 e. The molecule has 17 heavy (non-hydrogen) atoms. The van der Waals surface area contributed by atoms with E-state index in [2.05, 4.69) is 4.74 Å². The maximum absolute atomic E-state index is 11.8. The molecule has 3 nitrogen and oxygen atoms in total. The highest BCUT2D eigenvalue weighted by Gasteiger charge is 2.19. The summed E-state index contributed by atoms with van der Waals surface area (Å²) in [6.45, 7) is 0.